The van der Waals surface area contributed by atoms with Crippen LogP contribution in [0.2, 0.25) is 0 Å². The number of carboxylic acid groups (broad SMARTS) is 1. The zero-order valence-corrected chi connectivity index (χ0v) is 4.75. The van der Waals surface area contributed by atoms with E-state index in [9.17, 15) is 0 Å². The number of hydrogen-bond donors (Lipinski definition) is 4. The molecule has 0 aliphatic carbocycles. The van der Waals surface area contributed by atoms with Gasteiger partial charge in [-0.05, 0) is 0 Å². The third-order valence-electron chi connectivity index (χ3n) is 0. The summed E-state index contributed by atoms with van der Waals surface area (Å²) in [5, 5.41) is 18.0. The van der Waals surface area contributed by atoms with Crippen LogP contribution in [-0.2, 0) is 9.59 Å². The van der Waals surface area contributed by atoms with Gasteiger partial charge in [0.1, 0.15) is 0 Å². The minimum absolute atomic E-state index is 0.750. The Balaban J connectivity index is -0.0000000750. The lowest BCUT2D eigenvalue weighted by molar-refractivity contribution is 0.205. The van der Waals surface area contributed by atoms with E-state index < -0.39 is 6.09 Å². The monoisotopic (exact) mass is 147 g/mol. The zero-order chi connectivity index (χ0) is 8.99. The topological polar surface area (TPSA) is 145 Å². The molecule has 0 fully saturated rings. The van der Waals surface area contributed by atoms with Gasteiger partial charge >= 0.3 is 6.09 Å². The van der Waals surface area contributed by atoms with Gasteiger partial charge in [-0.25, -0.2) is 25.2 Å². The van der Waals surface area contributed by atoms with Crippen LogP contribution < -0.4 is 5.73 Å². The molecule has 5 N–H and O–H groups in total. The van der Waals surface area contributed by atoms with Crippen LogP contribution in [0.3, 0.4) is 0 Å². The van der Waals surface area contributed by atoms with E-state index in [-0.39, 0.29) is 0 Å². The molecule has 10 heavy (non-hydrogen) atoms. The first-order valence-electron chi connectivity index (χ1n) is 1.62. The molecule has 0 heterocycles. The fraction of sp³-hybridized carbons (Fsp3) is 0. The number of nitrogens with one attached hydrogen (secondary N) is 2. The van der Waals surface area contributed by atoms with Gasteiger partial charge < -0.3 is 10.8 Å². The molecule has 0 aliphatic heterocycles. The number of nitrogens with two attached hydrogens (primary N) is 1. The smallest absolute Gasteiger partial charge is 0.402 e. The summed E-state index contributed by atoms with van der Waals surface area (Å²) in [6, 6.07) is 0. The van der Waals surface area contributed by atoms with E-state index >= 15 is 0 Å². The minimum Gasteiger partial charge on any atom is -0.465 e. The van der Waals surface area contributed by atoms with Gasteiger partial charge in [-0.2, -0.15) is 0 Å². The Labute approximate surface area is 55.5 Å². The molecule has 0 saturated heterocycles. The van der Waals surface area contributed by atoms with Crippen molar-refractivity contribution >= 4 is 18.3 Å². The van der Waals surface area contributed by atoms with Crippen LogP contribution in [0, 0.1) is 10.8 Å². The van der Waals surface area contributed by atoms with Crippen LogP contribution in [0.4, 0.5) is 4.79 Å². The Kier molecular flexibility index (Phi) is 43.7. The third-order valence-corrected chi connectivity index (χ3v) is 0. The molecular weight excluding hydrogens is 142 g/mol. The van der Waals surface area contributed by atoms with Crippen molar-refractivity contribution in [2.45, 2.75) is 0 Å². The van der Waals surface area contributed by atoms with Crippen molar-refractivity contribution in [3.05, 3.63) is 0 Å². The summed E-state index contributed by atoms with van der Waals surface area (Å²) in [6.45, 7) is 0. The van der Waals surface area contributed by atoms with Gasteiger partial charge in [-0.1, -0.05) is 0 Å². The molecule has 0 saturated carbocycles. The Bertz CT molecular complexity index is 126. The summed E-state index contributed by atoms with van der Waals surface area (Å²) in [4.78, 5) is 25.5. The second-order valence-corrected chi connectivity index (χ2v) is 0.542. The van der Waals surface area contributed by atoms with Crippen LogP contribution >= 0.6 is 0 Å². The summed E-state index contributed by atoms with van der Waals surface area (Å²) in [7, 11) is 0. The highest BCUT2D eigenvalue weighted by atomic mass is 16.4. The highest BCUT2D eigenvalue weighted by Gasteiger charge is 1.65. The van der Waals surface area contributed by atoms with E-state index in [0.717, 1.165) is 12.2 Å². The molecule has 0 rings (SSSR count). The van der Waals surface area contributed by atoms with E-state index in [1.807, 2.05) is 0 Å². The van der Waals surface area contributed by atoms with Gasteiger partial charge in [-0.3, -0.25) is 0 Å². The molecule has 0 radical (unpaired) electrons. The molecule has 7 nitrogen and oxygen atoms in total. The first kappa shape index (κ1) is 15.7. The van der Waals surface area contributed by atoms with Crippen molar-refractivity contribution in [1.29, 1.82) is 10.8 Å². The lowest BCUT2D eigenvalue weighted by Gasteiger charge is -1.61. The lowest BCUT2D eigenvalue weighted by atomic mass is 11.3. The third kappa shape index (κ3) is 39.3. The predicted octanol–water partition coefficient (Wildman–Crippen LogP) is -0.575. The highest BCUT2D eigenvalue weighted by Crippen LogP contribution is 1.34. The number of hydrogen-bond acceptors (Lipinski definition) is 5. The molecule has 0 aliphatic rings. The molecule has 0 aromatic rings. The summed E-state index contributed by atoms with van der Waals surface area (Å²) >= 11 is 0. The quantitative estimate of drug-likeness (QED) is 0.268. The van der Waals surface area contributed by atoms with Gasteiger partial charge in [-0.15, -0.1) is 0 Å². The molecule has 1 amide bonds. The van der Waals surface area contributed by atoms with E-state index in [1.165, 1.54) is 0 Å². The van der Waals surface area contributed by atoms with E-state index in [2.05, 4.69) is 5.73 Å². The first-order valence-corrected chi connectivity index (χ1v) is 1.62. The Morgan fingerprint density at radius 2 is 1.30 bits per heavy atom. The van der Waals surface area contributed by atoms with Crippen molar-refractivity contribution in [2.24, 2.45) is 5.73 Å². The van der Waals surface area contributed by atoms with Gasteiger partial charge in [0.05, 0.1) is 0 Å². The van der Waals surface area contributed by atoms with E-state index in [4.69, 9.17) is 30.3 Å². The molecule has 0 atom stereocenters. The zero-order valence-electron chi connectivity index (χ0n) is 4.75. The average molecular weight is 147 g/mol. The summed E-state index contributed by atoms with van der Waals surface area (Å²) in [6.07, 6.45) is 0.167. The molecule has 0 bridgehead atoms. The first-order chi connectivity index (χ1) is 4.56. The fourth-order valence-corrected chi connectivity index (χ4v) is 0. The van der Waals surface area contributed by atoms with Crippen LogP contribution in [-0.4, -0.2) is 23.4 Å². The fourth-order valence-electron chi connectivity index (χ4n) is 0. The number of carbonyl (C=O) groups excluding carboxylic acids is 2. The SMILES string of the molecule is N=C=O.N=C=O.NC(=O)O. The standard InChI is InChI=1S/CH3NO2.2CHNO/c2-1(3)4;2*2-1-3/h2H2,(H,3,4);2*2H. The molecule has 56 valence electrons. The number of amides is 1. The maximum Gasteiger partial charge on any atom is 0.402 e. The second kappa shape index (κ2) is 27.8. The maximum absolute atomic E-state index is 8.78. The number of rotatable bonds is 0. The molecule has 0 unspecified atom stereocenters. The lowest BCUT2D eigenvalue weighted by Crippen LogP contribution is -2.03. The molecular formula is C3H5N3O4. The van der Waals surface area contributed by atoms with Crippen LogP contribution in [0.15, 0.2) is 0 Å². The average Bonchev–Trinajstić information content (AvgIpc) is 1.65. The van der Waals surface area contributed by atoms with E-state index in [1.54, 1.807) is 0 Å². The summed E-state index contributed by atoms with van der Waals surface area (Å²) in [5.74, 6) is 0. The van der Waals surface area contributed by atoms with Gasteiger partial charge in [0, 0.05) is 0 Å². The van der Waals surface area contributed by atoms with Gasteiger partial charge in [0.2, 0.25) is 12.2 Å². The molecule has 0 spiro atoms. The van der Waals surface area contributed by atoms with Crippen LogP contribution in [0.25, 0.3) is 0 Å². The normalized spacial score (nSPS) is 4.00. The Hall–Kier alpha value is -1.97. The highest BCUT2D eigenvalue weighted by molar-refractivity contribution is 5.61. The molecule has 0 aromatic heterocycles. The Morgan fingerprint density at radius 1 is 1.30 bits per heavy atom. The van der Waals surface area contributed by atoms with Crippen molar-refractivity contribution in [1.82, 2.24) is 0 Å². The number of isocyanates is 2. The van der Waals surface area contributed by atoms with E-state index in [0.29, 0.717) is 0 Å². The Morgan fingerprint density at radius 3 is 1.30 bits per heavy atom. The van der Waals surface area contributed by atoms with Gasteiger partial charge in [0.25, 0.3) is 0 Å². The van der Waals surface area contributed by atoms with Crippen molar-refractivity contribution in [3.8, 4) is 0 Å². The predicted molar refractivity (Wildman–Crippen MR) is 29.0 cm³/mol. The van der Waals surface area contributed by atoms with Crippen molar-refractivity contribution < 1.29 is 19.5 Å². The van der Waals surface area contributed by atoms with Gasteiger partial charge in [0.15, 0.2) is 0 Å². The largest absolute Gasteiger partial charge is 0.465 e. The van der Waals surface area contributed by atoms with Crippen molar-refractivity contribution in [3.63, 3.8) is 0 Å². The molecule has 7 heteroatoms. The molecule has 0 aromatic carbocycles. The number of carbonyl (C=O) groups is 1. The number of primary amides is 1. The summed E-state index contributed by atoms with van der Waals surface area (Å²) in [5.41, 5.74) is 4.03. The second-order valence-electron chi connectivity index (χ2n) is 0.542. The van der Waals surface area contributed by atoms with Crippen molar-refractivity contribution in [2.75, 3.05) is 0 Å². The van der Waals surface area contributed by atoms with Crippen LogP contribution in [0.1, 0.15) is 0 Å². The minimum atomic E-state index is -1.33. The van der Waals surface area contributed by atoms with Crippen LogP contribution in [0.5, 0.6) is 0 Å². The maximum atomic E-state index is 8.78. The summed E-state index contributed by atoms with van der Waals surface area (Å²) < 4.78 is 0.